The first-order chi connectivity index (χ1) is 7.59. The van der Waals surface area contributed by atoms with Crippen LogP contribution in [0.2, 0.25) is 0 Å². The van der Waals surface area contributed by atoms with Crippen LogP contribution in [0.25, 0.3) is 6.08 Å². The maximum Gasteiger partial charge on any atom is 0.303 e. The Labute approximate surface area is 96.9 Å². The molecule has 86 valence electrons. The summed E-state index contributed by atoms with van der Waals surface area (Å²) in [5.74, 6) is 0.0419. The monoisotopic (exact) mass is 218 g/mol. The molecule has 0 bridgehead atoms. The van der Waals surface area contributed by atoms with Gasteiger partial charge >= 0.3 is 5.97 Å². The molecule has 0 N–H and O–H groups in total. The van der Waals surface area contributed by atoms with E-state index in [1.54, 1.807) is 0 Å². The van der Waals surface area contributed by atoms with Gasteiger partial charge in [-0.05, 0) is 17.6 Å². The molecule has 0 saturated carbocycles. The minimum Gasteiger partial charge on any atom is -0.458 e. The average Bonchev–Trinajstić information content (AvgIpc) is 2.25. The summed E-state index contributed by atoms with van der Waals surface area (Å²) >= 11 is 0. The molecule has 16 heavy (non-hydrogen) atoms. The first-order valence-electron chi connectivity index (χ1n) is 5.50. The van der Waals surface area contributed by atoms with Crippen molar-refractivity contribution >= 4 is 12.0 Å². The molecular weight excluding hydrogens is 200 g/mol. The predicted octanol–water partition coefficient (Wildman–Crippen LogP) is 3.29. The topological polar surface area (TPSA) is 26.3 Å². The fraction of sp³-hybridized carbons (Fsp3) is 0.357. The number of carbonyl (C=O) groups is 1. The molecule has 0 fully saturated rings. The highest BCUT2D eigenvalue weighted by atomic mass is 16.5. The lowest BCUT2D eigenvalue weighted by molar-refractivity contribution is -0.145. The summed E-state index contributed by atoms with van der Waals surface area (Å²) in [5, 5.41) is 0. The lowest BCUT2D eigenvalue weighted by Crippen LogP contribution is -2.19. The van der Waals surface area contributed by atoms with Crippen molar-refractivity contribution in [3.63, 3.8) is 0 Å². The molecule has 1 unspecified atom stereocenters. The van der Waals surface area contributed by atoms with Gasteiger partial charge in [-0.1, -0.05) is 50.3 Å². The van der Waals surface area contributed by atoms with Crippen LogP contribution in [0.4, 0.5) is 0 Å². The third-order valence-electron chi connectivity index (χ3n) is 2.24. The van der Waals surface area contributed by atoms with Crippen LogP contribution in [-0.2, 0) is 9.53 Å². The van der Waals surface area contributed by atoms with Crippen molar-refractivity contribution < 1.29 is 9.53 Å². The molecule has 0 saturated heterocycles. The second kappa shape index (κ2) is 6.11. The molecule has 0 aromatic heterocycles. The van der Waals surface area contributed by atoms with Crippen LogP contribution >= 0.6 is 0 Å². The molecule has 0 radical (unpaired) electrons. The van der Waals surface area contributed by atoms with Gasteiger partial charge in [0.15, 0.2) is 0 Å². The van der Waals surface area contributed by atoms with Gasteiger partial charge in [-0.15, -0.1) is 0 Å². The maximum absolute atomic E-state index is 10.9. The highest BCUT2D eigenvalue weighted by Crippen LogP contribution is 2.11. The first kappa shape index (κ1) is 12.5. The van der Waals surface area contributed by atoms with Crippen LogP contribution in [0.1, 0.15) is 26.3 Å². The summed E-state index contributed by atoms with van der Waals surface area (Å²) < 4.78 is 5.21. The number of hydrogen-bond acceptors (Lipinski definition) is 2. The highest BCUT2D eigenvalue weighted by molar-refractivity contribution is 5.66. The van der Waals surface area contributed by atoms with Crippen LogP contribution in [0.5, 0.6) is 0 Å². The maximum atomic E-state index is 10.9. The van der Waals surface area contributed by atoms with E-state index >= 15 is 0 Å². The van der Waals surface area contributed by atoms with Gasteiger partial charge in [0.1, 0.15) is 6.10 Å². The zero-order valence-corrected chi connectivity index (χ0v) is 10.0. The molecule has 0 spiro atoms. The fourth-order valence-electron chi connectivity index (χ4n) is 1.36. The summed E-state index contributed by atoms with van der Waals surface area (Å²) in [5.41, 5.74) is 1.11. The van der Waals surface area contributed by atoms with Crippen molar-refractivity contribution in [1.82, 2.24) is 0 Å². The van der Waals surface area contributed by atoms with Crippen molar-refractivity contribution in [2.75, 3.05) is 0 Å². The second-order valence-electron chi connectivity index (χ2n) is 4.09. The fourth-order valence-corrected chi connectivity index (χ4v) is 1.36. The van der Waals surface area contributed by atoms with E-state index in [2.05, 4.69) is 0 Å². The van der Waals surface area contributed by atoms with Crippen molar-refractivity contribution in [3.8, 4) is 0 Å². The van der Waals surface area contributed by atoms with Gasteiger partial charge in [-0.3, -0.25) is 4.79 Å². The van der Waals surface area contributed by atoms with Gasteiger partial charge in [-0.25, -0.2) is 0 Å². The molecule has 1 rings (SSSR count). The van der Waals surface area contributed by atoms with Gasteiger partial charge < -0.3 is 4.74 Å². The third-order valence-corrected chi connectivity index (χ3v) is 2.24. The van der Waals surface area contributed by atoms with Gasteiger partial charge in [0.2, 0.25) is 0 Å². The Kier molecular flexibility index (Phi) is 4.77. The molecule has 2 nitrogen and oxygen atoms in total. The van der Waals surface area contributed by atoms with Gasteiger partial charge in [0, 0.05) is 6.92 Å². The number of benzene rings is 1. The van der Waals surface area contributed by atoms with E-state index < -0.39 is 0 Å². The zero-order chi connectivity index (χ0) is 12.0. The Morgan fingerprint density at radius 2 is 1.88 bits per heavy atom. The molecule has 1 aromatic carbocycles. The number of ether oxygens (including phenoxy) is 1. The summed E-state index contributed by atoms with van der Waals surface area (Å²) in [6, 6.07) is 9.97. The van der Waals surface area contributed by atoms with Crippen LogP contribution in [0, 0.1) is 5.92 Å². The SMILES string of the molecule is CC(=O)OC(/C=C/c1ccccc1)C(C)C. The van der Waals surface area contributed by atoms with E-state index in [4.69, 9.17) is 4.74 Å². The normalized spacial score (nSPS) is 13.0. The molecule has 0 heterocycles. The molecule has 0 aliphatic heterocycles. The Morgan fingerprint density at radius 3 is 2.38 bits per heavy atom. The van der Waals surface area contributed by atoms with E-state index in [1.165, 1.54) is 6.92 Å². The van der Waals surface area contributed by atoms with Gasteiger partial charge in [0.05, 0.1) is 0 Å². The van der Waals surface area contributed by atoms with Gasteiger partial charge in [-0.2, -0.15) is 0 Å². The van der Waals surface area contributed by atoms with Crippen molar-refractivity contribution in [2.24, 2.45) is 5.92 Å². The third kappa shape index (κ3) is 4.30. The Bertz CT molecular complexity index is 352. The van der Waals surface area contributed by atoms with Crippen LogP contribution < -0.4 is 0 Å². The molecule has 1 atom stereocenters. The molecular formula is C14H18O2. The first-order valence-corrected chi connectivity index (χ1v) is 5.50. The Balaban J connectivity index is 2.68. The standard InChI is InChI=1S/C14H18O2/c1-11(2)14(16-12(3)15)10-9-13-7-5-4-6-8-13/h4-11,14H,1-3H3/b10-9+. The summed E-state index contributed by atoms with van der Waals surface area (Å²) in [6.07, 6.45) is 3.76. The second-order valence-corrected chi connectivity index (χ2v) is 4.09. The quantitative estimate of drug-likeness (QED) is 0.725. The summed E-state index contributed by atoms with van der Waals surface area (Å²) in [7, 11) is 0. The number of rotatable bonds is 4. The van der Waals surface area contributed by atoms with Crippen molar-refractivity contribution in [2.45, 2.75) is 26.9 Å². The molecule has 0 aliphatic rings. The van der Waals surface area contributed by atoms with E-state index in [0.29, 0.717) is 0 Å². The largest absolute Gasteiger partial charge is 0.458 e. The minimum atomic E-state index is -0.239. The van der Waals surface area contributed by atoms with Crippen LogP contribution in [-0.4, -0.2) is 12.1 Å². The number of hydrogen-bond donors (Lipinski definition) is 0. The summed E-state index contributed by atoms with van der Waals surface area (Å²) in [4.78, 5) is 10.9. The van der Waals surface area contributed by atoms with E-state index in [1.807, 2.05) is 56.3 Å². The molecule has 0 amide bonds. The molecule has 2 heteroatoms. The van der Waals surface area contributed by atoms with E-state index in [-0.39, 0.29) is 18.0 Å². The van der Waals surface area contributed by atoms with Crippen molar-refractivity contribution in [1.29, 1.82) is 0 Å². The average molecular weight is 218 g/mol. The molecule has 0 aliphatic carbocycles. The lowest BCUT2D eigenvalue weighted by atomic mass is 10.1. The highest BCUT2D eigenvalue weighted by Gasteiger charge is 2.12. The van der Waals surface area contributed by atoms with E-state index in [0.717, 1.165) is 5.56 Å². The molecule has 1 aromatic rings. The Hall–Kier alpha value is -1.57. The predicted molar refractivity (Wildman–Crippen MR) is 65.9 cm³/mol. The number of esters is 1. The van der Waals surface area contributed by atoms with E-state index in [9.17, 15) is 4.79 Å². The summed E-state index contributed by atoms with van der Waals surface area (Å²) in [6.45, 7) is 5.50. The van der Waals surface area contributed by atoms with Crippen LogP contribution in [0.15, 0.2) is 36.4 Å². The number of carbonyl (C=O) groups excluding carboxylic acids is 1. The minimum absolute atomic E-state index is 0.155. The Morgan fingerprint density at radius 1 is 1.25 bits per heavy atom. The van der Waals surface area contributed by atoms with Crippen LogP contribution in [0.3, 0.4) is 0 Å². The zero-order valence-electron chi connectivity index (χ0n) is 10.0. The lowest BCUT2D eigenvalue weighted by Gasteiger charge is -2.16. The van der Waals surface area contributed by atoms with Gasteiger partial charge in [0.25, 0.3) is 0 Å². The smallest absolute Gasteiger partial charge is 0.303 e. The van der Waals surface area contributed by atoms with Crippen molar-refractivity contribution in [3.05, 3.63) is 42.0 Å².